The Morgan fingerprint density at radius 1 is 1.03 bits per heavy atom. The Balaban J connectivity index is 1.40. The molecule has 1 aliphatic heterocycles. The molecule has 0 radical (unpaired) electrons. The zero-order chi connectivity index (χ0) is 22.5. The van der Waals surface area contributed by atoms with Crippen LogP contribution in [0.4, 0.5) is 11.1 Å². The van der Waals surface area contributed by atoms with Crippen LogP contribution in [0.15, 0.2) is 45.7 Å². The number of likely N-dealkylation sites (N-methyl/N-ethyl adjacent to an activating group) is 1. The van der Waals surface area contributed by atoms with Crippen molar-refractivity contribution in [3.8, 4) is 0 Å². The minimum absolute atomic E-state index is 0.299. The van der Waals surface area contributed by atoms with Gasteiger partial charge in [-0.1, -0.05) is 31.3 Å². The van der Waals surface area contributed by atoms with E-state index in [1.807, 2.05) is 25.2 Å². The van der Waals surface area contributed by atoms with Gasteiger partial charge in [-0.2, -0.15) is 9.29 Å². The molecule has 2 aromatic carbocycles. The molecule has 0 amide bonds. The fraction of sp³-hybridized carbons (Fsp3) is 0.364. The summed E-state index contributed by atoms with van der Waals surface area (Å²) >= 11 is 1.37. The molecule has 0 aliphatic carbocycles. The van der Waals surface area contributed by atoms with Gasteiger partial charge in [-0.05, 0) is 48.9 Å². The molecule has 1 N–H and O–H groups in total. The first-order chi connectivity index (χ1) is 15.3. The maximum absolute atomic E-state index is 13.1. The molecular formula is C22H25N5O3S2. The summed E-state index contributed by atoms with van der Waals surface area (Å²) in [4.78, 5) is 11.5. The molecule has 10 heteroatoms. The van der Waals surface area contributed by atoms with E-state index < -0.39 is 10.0 Å². The van der Waals surface area contributed by atoms with Gasteiger partial charge in [0, 0.05) is 26.2 Å². The fourth-order valence-corrected chi connectivity index (χ4v) is 6.16. The van der Waals surface area contributed by atoms with Gasteiger partial charge < -0.3 is 9.32 Å². The monoisotopic (exact) mass is 471 g/mol. The minimum Gasteiger partial charge on any atom is -0.423 e. The topological polar surface area (TPSA) is 91.6 Å². The first-order valence-electron chi connectivity index (χ1n) is 10.6. The first kappa shape index (κ1) is 21.3. The van der Waals surface area contributed by atoms with Crippen molar-refractivity contribution in [2.45, 2.75) is 24.7 Å². The van der Waals surface area contributed by atoms with Crippen molar-refractivity contribution in [1.29, 1.82) is 0 Å². The van der Waals surface area contributed by atoms with Crippen molar-refractivity contribution >= 4 is 53.8 Å². The van der Waals surface area contributed by atoms with Crippen molar-refractivity contribution in [2.75, 3.05) is 38.5 Å². The molecule has 4 aromatic rings. The first-order valence-corrected chi connectivity index (χ1v) is 12.8. The zero-order valence-electron chi connectivity index (χ0n) is 18.2. The lowest BCUT2D eigenvalue weighted by Gasteiger charge is -2.31. The van der Waals surface area contributed by atoms with Crippen LogP contribution in [0, 0.1) is 0 Å². The molecule has 1 saturated heterocycles. The van der Waals surface area contributed by atoms with Crippen LogP contribution >= 0.6 is 11.3 Å². The molecule has 0 bridgehead atoms. The van der Waals surface area contributed by atoms with Crippen molar-refractivity contribution < 1.29 is 12.8 Å². The number of anilines is 2. The average molecular weight is 472 g/mol. The maximum Gasteiger partial charge on any atom is 0.302 e. The van der Waals surface area contributed by atoms with E-state index >= 15 is 0 Å². The minimum atomic E-state index is -3.52. The number of sulfonamides is 1. The molecule has 5 rings (SSSR count). The third-order valence-electron chi connectivity index (χ3n) is 5.75. The number of aromatic nitrogens is 2. The van der Waals surface area contributed by atoms with Crippen molar-refractivity contribution in [3.05, 3.63) is 42.0 Å². The van der Waals surface area contributed by atoms with Gasteiger partial charge in [0.15, 0.2) is 10.7 Å². The number of benzene rings is 2. The number of oxazole rings is 1. The summed E-state index contributed by atoms with van der Waals surface area (Å²) in [6, 6.07) is 11.5. The van der Waals surface area contributed by atoms with Crippen molar-refractivity contribution in [2.24, 2.45) is 0 Å². The fourth-order valence-electron chi connectivity index (χ4n) is 3.74. The Morgan fingerprint density at radius 2 is 1.81 bits per heavy atom. The summed E-state index contributed by atoms with van der Waals surface area (Å²) in [7, 11) is -1.52. The predicted octanol–water partition coefficient (Wildman–Crippen LogP) is 4.24. The number of fused-ring (bicyclic) bond motifs is 2. The van der Waals surface area contributed by atoms with Crippen LogP contribution in [0.3, 0.4) is 0 Å². The summed E-state index contributed by atoms with van der Waals surface area (Å²) < 4.78 is 34.3. The van der Waals surface area contributed by atoms with Crippen LogP contribution in [-0.4, -0.2) is 60.8 Å². The third kappa shape index (κ3) is 3.99. The second kappa shape index (κ2) is 8.11. The summed E-state index contributed by atoms with van der Waals surface area (Å²) in [5, 5.41) is 3.72. The normalized spacial score (nSPS) is 16.4. The zero-order valence-corrected chi connectivity index (χ0v) is 19.8. The summed E-state index contributed by atoms with van der Waals surface area (Å²) in [5.41, 5.74) is 3.43. The number of piperazine rings is 1. The smallest absolute Gasteiger partial charge is 0.302 e. The highest BCUT2D eigenvalue weighted by atomic mass is 32.2. The van der Waals surface area contributed by atoms with Crippen LogP contribution in [0.5, 0.6) is 0 Å². The molecule has 3 heterocycles. The Morgan fingerprint density at radius 3 is 2.56 bits per heavy atom. The van der Waals surface area contributed by atoms with Gasteiger partial charge in [0.1, 0.15) is 5.52 Å². The molecule has 0 spiro atoms. The van der Waals surface area contributed by atoms with Crippen LogP contribution < -0.4 is 5.32 Å². The van der Waals surface area contributed by atoms with E-state index in [0.29, 0.717) is 40.6 Å². The van der Waals surface area contributed by atoms with Crippen molar-refractivity contribution in [1.82, 2.24) is 19.2 Å². The van der Waals surface area contributed by atoms with Gasteiger partial charge >= 0.3 is 6.01 Å². The van der Waals surface area contributed by atoms with Crippen LogP contribution in [0.1, 0.15) is 25.3 Å². The molecule has 0 saturated carbocycles. The van der Waals surface area contributed by atoms with Gasteiger partial charge in [0.05, 0.1) is 15.1 Å². The number of hydrogen-bond acceptors (Lipinski definition) is 8. The van der Waals surface area contributed by atoms with Gasteiger partial charge in [-0.3, -0.25) is 5.32 Å². The summed E-state index contributed by atoms with van der Waals surface area (Å²) in [5.74, 6) is 0.410. The average Bonchev–Trinajstić information content (AvgIpc) is 3.35. The van der Waals surface area contributed by atoms with E-state index in [0.717, 1.165) is 28.8 Å². The number of nitrogens with zero attached hydrogens (tertiary/aromatic N) is 4. The Bertz CT molecular complexity index is 1390. The number of rotatable bonds is 5. The van der Waals surface area contributed by atoms with E-state index in [9.17, 15) is 8.42 Å². The third-order valence-corrected chi connectivity index (χ3v) is 8.58. The maximum atomic E-state index is 13.1. The van der Waals surface area contributed by atoms with E-state index in [4.69, 9.17) is 4.42 Å². The Labute approximate surface area is 190 Å². The summed E-state index contributed by atoms with van der Waals surface area (Å²) in [6.07, 6.45) is 0. The van der Waals surface area contributed by atoms with E-state index in [1.165, 1.54) is 16.9 Å². The number of nitrogens with one attached hydrogen (secondary N) is 1. The number of thiazole rings is 1. The standard InChI is InChI=1S/C22H25N5O3S2/c1-14(2)15-4-7-19-18(12-15)23-21(30-19)25-22-24-17-6-5-16(13-20(17)31-22)32(28,29)27-10-8-26(3)9-11-27/h4-7,12-14H,8-11H2,1-3H3,(H,23,24,25). The van der Waals surface area contributed by atoms with Crippen LogP contribution in [0.2, 0.25) is 0 Å². The van der Waals surface area contributed by atoms with Crippen molar-refractivity contribution in [3.63, 3.8) is 0 Å². The molecule has 1 aliphatic rings. The lowest BCUT2D eigenvalue weighted by molar-refractivity contribution is 0.222. The SMILES string of the molecule is CC(C)c1ccc2oc(Nc3nc4ccc(S(=O)(=O)N5CCN(C)CC5)cc4s3)nc2c1. The van der Waals surface area contributed by atoms with E-state index in [1.54, 1.807) is 22.5 Å². The Hall–Kier alpha value is -2.53. The van der Waals surface area contributed by atoms with Gasteiger partial charge in [0.25, 0.3) is 0 Å². The second-order valence-corrected chi connectivity index (χ2v) is 11.4. The quantitative estimate of drug-likeness (QED) is 0.465. The molecule has 2 aromatic heterocycles. The van der Waals surface area contributed by atoms with Gasteiger partial charge in [-0.15, -0.1) is 0 Å². The predicted molar refractivity (Wildman–Crippen MR) is 127 cm³/mol. The second-order valence-electron chi connectivity index (χ2n) is 8.38. The highest BCUT2D eigenvalue weighted by Gasteiger charge is 2.28. The molecule has 32 heavy (non-hydrogen) atoms. The highest BCUT2D eigenvalue weighted by molar-refractivity contribution is 7.89. The molecule has 8 nitrogen and oxygen atoms in total. The Kier molecular flexibility index (Phi) is 5.40. The summed E-state index contributed by atoms with van der Waals surface area (Å²) in [6.45, 7) is 6.75. The molecular weight excluding hydrogens is 446 g/mol. The molecule has 0 atom stereocenters. The van der Waals surface area contributed by atoms with Crippen LogP contribution in [0.25, 0.3) is 21.3 Å². The highest BCUT2D eigenvalue weighted by Crippen LogP contribution is 2.32. The lowest BCUT2D eigenvalue weighted by atomic mass is 10.0. The largest absolute Gasteiger partial charge is 0.423 e. The van der Waals surface area contributed by atoms with E-state index in [-0.39, 0.29) is 0 Å². The van der Waals surface area contributed by atoms with Crippen LogP contribution in [-0.2, 0) is 10.0 Å². The number of hydrogen-bond donors (Lipinski definition) is 1. The molecule has 0 unspecified atom stereocenters. The molecule has 168 valence electrons. The molecule has 1 fully saturated rings. The van der Waals surface area contributed by atoms with Gasteiger partial charge in [0.2, 0.25) is 10.0 Å². The van der Waals surface area contributed by atoms with Gasteiger partial charge in [-0.25, -0.2) is 13.4 Å². The van der Waals surface area contributed by atoms with E-state index in [2.05, 4.69) is 34.0 Å². The lowest BCUT2D eigenvalue weighted by Crippen LogP contribution is -2.46.